The van der Waals surface area contributed by atoms with Crippen LogP contribution in [-0.2, 0) is 10.0 Å². The van der Waals surface area contributed by atoms with E-state index in [2.05, 4.69) is 15.9 Å². The summed E-state index contributed by atoms with van der Waals surface area (Å²) in [5.41, 5.74) is 5.94. The molecule has 21 heavy (non-hydrogen) atoms. The maximum Gasteiger partial charge on any atom is 0.243 e. The molecule has 0 heterocycles. The van der Waals surface area contributed by atoms with Gasteiger partial charge in [0.15, 0.2) is 0 Å². The van der Waals surface area contributed by atoms with Crippen molar-refractivity contribution in [3.05, 3.63) is 28.7 Å². The third-order valence-electron chi connectivity index (χ3n) is 4.00. The first-order chi connectivity index (χ1) is 9.95. The molecular weight excluding hydrogens is 352 g/mol. The number of hydrogen-bond acceptors (Lipinski definition) is 3. The fraction of sp³-hybridized carbons (Fsp3) is 0.600. The van der Waals surface area contributed by atoms with Gasteiger partial charge in [0.1, 0.15) is 0 Å². The molecule has 0 amide bonds. The van der Waals surface area contributed by atoms with Crippen LogP contribution in [0.4, 0.5) is 0 Å². The molecule has 0 saturated heterocycles. The quantitative estimate of drug-likeness (QED) is 0.860. The number of hydrogen-bond donors (Lipinski definition) is 1. The molecular formula is C15H23BrN2O2S. The third-order valence-corrected chi connectivity index (χ3v) is 6.44. The molecule has 4 nitrogen and oxygen atoms in total. The highest BCUT2D eigenvalue weighted by Crippen LogP contribution is 2.28. The minimum Gasteiger partial charge on any atom is -0.328 e. The molecule has 0 aromatic heterocycles. The van der Waals surface area contributed by atoms with E-state index in [-0.39, 0.29) is 12.1 Å². The maximum atomic E-state index is 12.9. The van der Waals surface area contributed by atoms with Crippen molar-refractivity contribution in [3.8, 4) is 0 Å². The van der Waals surface area contributed by atoms with Crippen LogP contribution < -0.4 is 5.73 Å². The number of nitrogens with zero attached hydrogens (tertiary/aromatic N) is 1. The molecule has 0 atom stereocenters. The Morgan fingerprint density at radius 2 is 1.95 bits per heavy atom. The van der Waals surface area contributed by atoms with Crippen LogP contribution in [0.2, 0.25) is 0 Å². The predicted octanol–water partition coefficient (Wildman–Crippen LogP) is 3.12. The molecule has 2 N–H and O–H groups in total. The lowest BCUT2D eigenvalue weighted by molar-refractivity contribution is 0.240. The number of nitrogens with two attached hydrogens (primary N) is 1. The zero-order valence-corrected chi connectivity index (χ0v) is 14.7. The smallest absolute Gasteiger partial charge is 0.243 e. The largest absolute Gasteiger partial charge is 0.328 e. The monoisotopic (exact) mass is 374 g/mol. The van der Waals surface area contributed by atoms with Crippen molar-refractivity contribution in [2.45, 2.75) is 56.0 Å². The van der Waals surface area contributed by atoms with Gasteiger partial charge in [-0.1, -0.05) is 28.9 Å². The number of halogens is 1. The lowest BCUT2D eigenvalue weighted by atomic mass is 9.92. The molecule has 2 rings (SSSR count). The van der Waals surface area contributed by atoms with E-state index in [1.54, 1.807) is 22.5 Å². The molecule has 1 saturated carbocycles. The minimum atomic E-state index is -3.44. The van der Waals surface area contributed by atoms with Crippen LogP contribution in [0.25, 0.3) is 0 Å². The van der Waals surface area contributed by atoms with Crippen molar-refractivity contribution < 1.29 is 8.42 Å². The van der Waals surface area contributed by atoms with E-state index in [0.29, 0.717) is 11.4 Å². The number of sulfonamides is 1. The van der Waals surface area contributed by atoms with E-state index < -0.39 is 10.0 Å². The minimum absolute atomic E-state index is 0.0775. The summed E-state index contributed by atoms with van der Waals surface area (Å²) < 4.78 is 28.3. The zero-order chi connectivity index (χ0) is 15.5. The van der Waals surface area contributed by atoms with Gasteiger partial charge in [-0.25, -0.2) is 8.42 Å². The van der Waals surface area contributed by atoms with Gasteiger partial charge in [0.2, 0.25) is 10.0 Å². The molecule has 0 spiro atoms. The van der Waals surface area contributed by atoms with Crippen molar-refractivity contribution in [2.75, 3.05) is 6.54 Å². The fourth-order valence-corrected chi connectivity index (χ4v) is 5.25. The highest BCUT2D eigenvalue weighted by atomic mass is 79.9. The van der Waals surface area contributed by atoms with Crippen LogP contribution in [0.15, 0.2) is 33.6 Å². The molecule has 0 bridgehead atoms. The first kappa shape index (κ1) is 16.9. The maximum absolute atomic E-state index is 12.9. The predicted molar refractivity (Wildman–Crippen MR) is 88.6 cm³/mol. The summed E-state index contributed by atoms with van der Waals surface area (Å²) in [5, 5.41) is 0. The topological polar surface area (TPSA) is 63.4 Å². The number of rotatable bonds is 5. The summed E-state index contributed by atoms with van der Waals surface area (Å²) in [6.45, 7) is 2.58. The van der Waals surface area contributed by atoms with E-state index in [1.807, 2.05) is 13.0 Å². The van der Waals surface area contributed by atoms with Crippen LogP contribution in [-0.4, -0.2) is 31.4 Å². The van der Waals surface area contributed by atoms with E-state index in [1.165, 1.54) is 0 Å². The highest BCUT2D eigenvalue weighted by molar-refractivity contribution is 9.10. The first-order valence-electron chi connectivity index (χ1n) is 7.48. The highest BCUT2D eigenvalue weighted by Gasteiger charge is 2.33. The second kappa shape index (κ2) is 7.22. The van der Waals surface area contributed by atoms with Crippen molar-refractivity contribution in [1.82, 2.24) is 4.31 Å². The fourth-order valence-electron chi connectivity index (χ4n) is 2.87. The van der Waals surface area contributed by atoms with Gasteiger partial charge in [-0.05, 0) is 50.3 Å². The van der Waals surface area contributed by atoms with Crippen molar-refractivity contribution >= 4 is 26.0 Å². The van der Waals surface area contributed by atoms with Gasteiger partial charge < -0.3 is 5.73 Å². The van der Waals surface area contributed by atoms with Crippen LogP contribution in [0, 0.1) is 0 Å². The van der Waals surface area contributed by atoms with Crippen molar-refractivity contribution in [3.63, 3.8) is 0 Å². The Morgan fingerprint density at radius 1 is 1.29 bits per heavy atom. The van der Waals surface area contributed by atoms with Crippen LogP contribution >= 0.6 is 15.9 Å². The summed E-state index contributed by atoms with van der Waals surface area (Å²) in [4.78, 5) is 0.361. The molecule has 0 unspecified atom stereocenters. The molecule has 1 fully saturated rings. The Morgan fingerprint density at radius 3 is 2.52 bits per heavy atom. The van der Waals surface area contributed by atoms with Crippen molar-refractivity contribution in [1.29, 1.82) is 0 Å². The Labute approximate surface area is 135 Å². The average molecular weight is 375 g/mol. The normalized spacial score (nSPS) is 23.4. The first-order valence-corrected chi connectivity index (χ1v) is 9.71. The standard InChI is InChI=1S/C15H23BrN2O2S/c1-2-10-18(14-8-6-13(17)7-9-14)21(19,20)15-5-3-4-12(16)11-15/h3-5,11,13-14H,2,6-10,17H2,1H3. The van der Waals surface area contributed by atoms with Gasteiger partial charge in [-0.15, -0.1) is 0 Å². The van der Waals surface area contributed by atoms with E-state index in [0.717, 1.165) is 36.6 Å². The molecule has 1 aromatic rings. The van der Waals surface area contributed by atoms with Crippen LogP contribution in [0.1, 0.15) is 39.0 Å². The van der Waals surface area contributed by atoms with E-state index in [4.69, 9.17) is 5.73 Å². The summed E-state index contributed by atoms with van der Waals surface area (Å²) >= 11 is 3.35. The molecule has 0 radical (unpaired) electrons. The molecule has 1 aliphatic carbocycles. The Balaban J connectivity index is 2.28. The zero-order valence-electron chi connectivity index (χ0n) is 12.3. The van der Waals surface area contributed by atoms with Crippen LogP contribution in [0.3, 0.4) is 0 Å². The third kappa shape index (κ3) is 4.06. The van der Waals surface area contributed by atoms with E-state index >= 15 is 0 Å². The molecule has 1 aliphatic rings. The SMILES string of the molecule is CCCN(C1CCC(N)CC1)S(=O)(=O)c1cccc(Br)c1. The molecule has 118 valence electrons. The van der Waals surface area contributed by atoms with Gasteiger partial charge in [0.05, 0.1) is 4.90 Å². The summed E-state index contributed by atoms with van der Waals surface area (Å²) in [6.07, 6.45) is 4.33. The van der Waals surface area contributed by atoms with Gasteiger partial charge in [0.25, 0.3) is 0 Å². The van der Waals surface area contributed by atoms with Gasteiger partial charge in [-0.2, -0.15) is 4.31 Å². The Hall–Kier alpha value is -0.430. The van der Waals surface area contributed by atoms with E-state index in [9.17, 15) is 8.42 Å². The molecule has 6 heteroatoms. The molecule has 0 aliphatic heterocycles. The summed E-state index contributed by atoms with van der Waals surface area (Å²) in [6, 6.07) is 7.23. The van der Waals surface area contributed by atoms with Crippen molar-refractivity contribution in [2.24, 2.45) is 5.73 Å². The lowest BCUT2D eigenvalue weighted by Gasteiger charge is -2.35. The van der Waals surface area contributed by atoms with Gasteiger partial charge in [0, 0.05) is 23.1 Å². The summed E-state index contributed by atoms with van der Waals surface area (Å²) in [7, 11) is -3.44. The Bertz CT molecular complexity index is 569. The number of benzene rings is 1. The Kier molecular flexibility index (Phi) is 5.82. The van der Waals surface area contributed by atoms with Crippen LogP contribution in [0.5, 0.6) is 0 Å². The second-order valence-electron chi connectivity index (χ2n) is 5.64. The average Bonchev–Trinajstić information content (AvgIpc) is 2.46. The van der Waals surface area contributed by atoms with Gasteiger partial charge in [-0.3, -0.25) is 0 Å². The van der Waals surface area contributed by atoms with Gasteiger partial charge >= 0.3 is 0 Å². The second-order valence-corrected chi connectivity index (χ2v) is 8.45. The lowest BCUT2D eigenvalue weighted by Crippen LogP contribution is -2.44. The molecule has 1 aromatic carbocycles. The summed E-state index contributed by atoms with van der Waals surface area (Å²) in [5.74, 6) is 0.